The number of amides is 2. The molecule has 4 atom stereocenters. The van der Waals surface area contributed by atoms with Gasteiger partial charge in [0.1, 0.15) is 18.0 Å². The fourth-order valence-electron chi connectivity index (χ4n) is 4.82. The molecule has 12 heteroatoms. The van der Waals surface area contributed by atoms with Crippen molar-refractivity contribution in [3.63, 3.8) is 0 Å². The predicted octanol–water partition coefficient (Wildman–Crippen LogP) is -0.213. The number of fused-ring (bicyclic) bond motifs is 1. The Kier molecular flexibility index (Phi) is 7.31. The highest BCUT2D eigenvalue weighted by atomic mass is 16.5. The maximum Gasteiger partial charge on any atom is 0.246 e. The Balaban J connectivity index is 1.59. The molecule has 2 fully saturated rings. The van der Waals surface area contributed by atoms with E-state index in [2.05, 4.69) is 10.2 Å². The molecular formula is C22H35N9O3. The van der Waals surface area contributed by atoms with Gasteiger partial charge in [-0.3, -0.25) is 9.59 Å². The monoisotopic (exact) mass is 473 g/mol. The first-order valence-electron chi connectivity index (χ1n) is 11.9. The molecule has 2 amide bonds. The lowest BCUT2D eigenvalue weighted by atomic mass is 9.98. The molecule has 34 heavy (non-hydrogen) atoms. The number of nitrogens with zero attached hydrogens (tertiary/aromatic N) is 5. The molecule has 0 saturated carbocycles. The van der Waals surface area contributed by atoms with Crippen LogP contribution in [0.5, 0.6) is 0 Å². The average Bonchev–Trinajstić information content (AvgIpc) is 3.44. The van der Waals surface area contributed by atoms with E-state index in [1.54, 1.807) is 16.3 Å². The van der Waals surface area contributed by atoms with Crippen LogP contribution in [0.4, 0.5) is 5.82 Å². The maximum atomic E-state index is 13.4. The first kappa shape index (κ1) is 24.3. The number of hydrogen-bond acceptors (Lipinski definition) is 9. The van der Waals surface area contributed by atoms with Gasteiger partial charge < -0.3 is 31.8 Å². The second kappa shape index (κ2) is 10.2. The number of nitrogens with one attached hydrogen (secondary N) is 2. The molecule has 2 saturated heterocycles. The van der Waals surface area contributed by atoms with Gasteiger partial charge in [-0.1, -0.05) is 6.92 Å². The highest BCUT2D eigenvalue weighted by Gasteiger charge is 2.37. The summed E-state index contributed by atoms with van der Waals surface area (Å²) in [5.74, 6) is 0.224. The van der Waals surface area contributed by atoms with E-state index in [0.717, 1.165) is 55.8 Å². The van der Waals surface area contributed by atoms with Gasteiger partial charge in [0, 0.05) is 49.9 Å². The van der Waals surface area contributed by atoms with Crippen molar-refractivity contribution in [2.45, 2.75) is 70.2 Å². The summed E-state index contributed by atoms with van der Waals surface area (Å²) in [6, 6.07) is 0.618. The van der Waals surface area contributed by atoms with Gasteiger partial charge in [0.2, 0.25) is 11.8 Å². The van der Waals surface area contributed by atoms with Crippen LogP contribution >= 0.6 is 0 Å². The van der Waals surface area contributed by atoms with E-state index < -0.39 is 12.2 Å². The topological polar surface area (TPSA) is 167 Å². The third kappa shape index (κ3) is 4.85. The smallest absolute Gasteiger partial charge is 0.246 e. The summed E-state index contributed by atoms with van der Waals surface area (Å²) in [5.41, 5.74) is 16.5. The number of carbonyl (C=O) groups is 2. The Morgan fingerprint density at radius 2 is 2.09 bits per heavy atom. The number of hydrogen-bond donors (Lipinski definition) is 5. The van der Waals surface area contributed by atoms with Crippen molar-refractivity contribution in [1.29, 1.82) is 0 Å². The first-order chi connectivity index (χ1) is 16.3. The number of nitrogens with two attached hydrogens (primary N) is 2. The second-order valence-corrected chi connectivity index (χ2v) is 9.21. The zero-order chi connectivity index (χ0) is 24.4. The number of likely N-dealkylation sites (tertiary alicyclic amines) is 1. The number of carbonyl (C=O) groups excluding carboxylic acids is 2. The molecule has 4 rings (SSSR count). The summed E-state index contributed by atoms with van der Waals surface area (Å²) >= 11 is 0. The van der Waals surface area contributed by atoms with Crippen molar-refractivity contribution in [1.82, 2.24) is 30.3 Å². The van der Waals surface area contributed by atoms with E-state index in [9.17, 15) is 14.8 Å². The number of rotatable bonds is 7. The first-order valence-corrected chi connectivity index (χ1v) is 11.9. The van der Waals surface area contributed by atoms with Crippen LogP contribution in [0.15, 0.2) is 12.3 Å². The molecule has 0 bridgehead atoms. The van der Waals surface area contributed by atoms with Gasteiger partial charge in [0.05, 0.1) is 11.7 Å². The van der Waals surface area contributed by atoms with Gasteiger partial charge in [-0.2, -0.15) is 10.6 Å². The Morgan fingerprint density at radius 1 is 1.29 bits per heavy atom. The van der Waals surface area contributed by atoms with Crippen molar-refractivity contribution >= 4 is 23.3 Å². The Bertz CT molecular complexity index is 1040. The summed E-state index contributed by atoms with van der Waals surface area (Å²) in [5, 5.41) is 16.9. The predicted molar refractivity (Wildman–Crippen MR) is 126 cm³/mol. The largest absolute Gasteiger partial charge is 0.355 e. The normalized spacial score (nSPS) is 22.7. The lowest BCUT2D eigenvalue weighted by molar-refractivity contribution is -0.141. The van der Waals surface area contributed by atoms with Crippen LogP contribution in [-0.2, 0) is 9.59 Å². The summed E-state index contributed by atoms with van der Waals surface area (Å²) in [7, 11) is 0. The Hall–Kier alpha value is -2.80. The Labute approximate surface area is 198 Å². The summed E-state index contributed by atoms with van der Waals surface area (Å²) in [4.78, 5) is 33.8. The van der Waals surface area contributed by atoms with E-state index >= 15 is 0 Å². The minimum atomic E-state index is -1.17. The van der Waals surface area contributed by atoms with E-state index in [-0.39, 0.29) is 30.3 Å². The molecule has 4 heterocycles. The van der Waals surface area contributed by atoms with E-state index in [1.165, 1.54) is 0 Å². The van der Waals surface area contributed by atoms with Gasteiger partial charge in [0.25, 0.3) is 0 Å². The van der Waals surface area contributed by atoms with Crippen LogP contribution in [-0.4, -0.2) is 74.4 Å². The number of anilines is 1. The second-order valence-electron chi connectivity index (χ2n) is 9.21. The lowest BCUT2D eigenvalue weighted by Gasteiger charge is -2.37. The van der Waals surface area contributed by atoms with E-state index in [4.69, 9.17) is 21.5 Å². The highest BCUT2D eigenvalue weighted by Crippen LogP contribution is 2.32. The molecule has 12 nitrogen and oxygen atoms in total. The molecular weight excluding hydrogens is 438 g/mol. The summed E-state index contributed by atoms with van der Waals surface area (Å²) in [6.45, 7) is 5.86. The minimum absolute atomic E-state index is 0.154. The standard InChI is InChI=1S/C22H35N9O3/c1-3-18(32)26-20(24)19(28-34)22(33)30-8-5-4-6-16(30)15-10-17-25-21(13(2)11-31(17)27-15)29-9-7-14(23)12-29/h10-11,14,16,19-20,28,34H,3-9,12,23-24H2,1-2H3,(H,26,32). The number of piperidine rings is 1. The average molecular weight is 474 g/mol. The van der Waals surface area contributed by atoms with Crippen molar-refractivity contribution in [3.05, 3.63) is 23.5 Å². The molecule has 186 valence electrons. The SMILES string of the molecule is CCC(=O)NC(N)C(NO)C(=O)N1CCCCC1c1cc2nc(N3CCC(N)C3)c(C)cn2n1. The van der Waals surface area contributed by atoms with Crippen molar-refractivity contribution in [2.24, 2.45) is 11.5 Å². The van der Waals surface area contributed by atoms with E-state index in [0.29, 0.717) is 12.2 Å². The lowest BCUT2D eigenvalue weighted by Crippen LogP contribution is -2.61. The molecule has 7 N–H and O–H groups in total. The van der Waals surface area contributed by atoms with Crippen LogP contribution < -0.4 is 27.2 Å². The summed E-state index contributed by atoms with van der Waals surface area (Å²) < 4.78 is 1.75. The van der Waals surface area contributed by atoms with Crippen LogP contribution in [0, 0.1) is 6.92 Å². The molecule has 0 aromatic carbocycles. The maximum absolute atomic E-state index is 13.4. The molecule has 4 unspecified atom stereocenters. The molecule has 2 aromatic rings. The fourth-order valence-corrected chi connectivity index (χ4v) is 4.82. The van der Waals surface area contributed by atoms with Crippen LogP contribution in [0.3, 0.4) is 0 Å². The molecule has 2 aliphatic heterocycles. The van der Waals surface area contributed by atoms with Crippen LogP contribution in [0.1, 0.15) is 56.3 Å². The highest BCUT2D eigenvalue weighted by molar-refractivity contribution is 5.84. The number of aryl methyl sites for hydroxylation is 1. The van der Waals surface area contributed by atoms with Gasteiger partial charge in [-0.05, 0) is 32.6 Å². The molecule has 0 radical (unpaired) electrons. The molecule has 0 spiro atoms. The fraction of sp³-hybridized carbons (Fsp3) is 0.636. The molecule has 0 aliphatic carbocycles. The minimum Gasteiger partial charge on any atom is -0.355 e. The van der Waals surface area contributed by atoms with Crippen LogP contribution in [0.25, 0.3) is 5.65 Å². The zero-order valence-corrected chi connectivity index (χ0v) is 19.8. The Morgan fingerprint density at radius 3 is 2.76 bits per heavy atom. The van der Waals surface area contributed by atoms with Gasteiger partial charge in [-0.25, -0.2) is 9.50 Å². The molecule has 2 aliphatic rings. The van der Waals surface area contributed by atoms with Gasteiger partial charge >= 0.3 is 0 Å². The third-order valence-electron chi connectivity index (χ3n) is 6.69. The van der Waals surface area contributed by atoms with Crippen molar-refractivity contribution in [2.75, 3.05) is 24.5 Å². The van der Waals surface area contributed by atoms with Crippen LogP contribution in [0.2, 0.25) is 0 Å². The van der Waals surface area contributed by atoms with E-state index in [1.807, 2.05) is 24.7 Å². The van der Waals surface area contributed by atoms with Gasteiger partial charge in [0.15, 0.2) is 5.65 Å². The number of hydroxylamine groups is 1. The zero-order valence-electron chi connectivity index (χ0n) is 19.8. The molecule has 2 aromatic heterocycles. The van der Waals surface area contributed by atoms with Crippen molar-refractivity contribution < 1.29 is 14.8 Å². The summed E-state index contributed by atoms with van der Waals surface area (Å²) in [6.07, 6.45) is 4.57. The van der Waals surface area contributed by atoms with Crippen molar-refractivity contribution in [3.8, 4) is 0 Å². The third-order valence-corrected chi connectivity index (χ3v) is 6.69. The quantitative estimate of drug-likeness (QED) is 0.270. The number of aromatic nitrogens is 3. The van der Waals surface area contributed by atoms with Gasteiger partial charge in [-0.15, -0.1) is 0 Å².